The summed E-state index contributed by atoms with van der Waals surface area (Å²) in [4.78, 5) is 28.0. The Hall–Kier alpha value is -1.79. The van der Waals surface area contributed by atoms with E-state index in [1.54, 1.807) is 11.4 Å². The van der Waals surface area contributed by atoms with Crippen LogP contribution in [0.2, 0.25) is 0 Å². The van der Waals surface area contributed by atoms with Crippen LogP contribution in [0.1, 0.15) is 11.3 Å². The number of sulfonamides is 1. The molecule has 0 aliphatic carbocycles. The van der Waals surface area contributed by atoms with Gasteiger partial charge in [0.05, 0.1) is 6.42 Å². The molecule has 28 heavy (non-hydrogen) atoms. The number of amides is 2. The van der Waals surface area contributed by atoms with Crippen LogP contribution in [0.4, 0.5) is 0 Å². The number of nitrogens with one attached hydrogen (secondary N) is 1. The van der Waals surface area contributed by atoms with Crippen molar-refractivity contribution >= 4 is 44.5 Å². The number of hydrogen-bond acceptors (Lipinski definition) is 7. The summed E-state index contributed by atoms with van der Waals surface area (Å²) in [5.74, 6) is -0.814. The molecule has 8 nitrogen and oxygen atoms in total. The lowest BCUT2D eigenvalue weighted by atomic mass is 10.2. The van der Waals surface area contributed by atoms with Gasteiger partial charge in [-0.3, -0.25) is 9.59 Å². The largest absolute Gasteiger partial charge is 0.352 e. The summed E-state index contributed by atoms with van der Waals surface area (Å²) in [7, 11) is -3.90. The average molecular weight is 443 g/mol. The van der Waals surface area contributed by atoms with E-state index in [1.165, 1.54) is 22.3 Å². The fourth-order valence-corrected chi connectivity index (χ4v) is 6.47. The van der Waals surface area contributed by atoms with Gasteiger partial charge in [-0.2, -0.15) is 4.31 Å². The molecule has 152 valence electrons. The molecular weight excluding hydrogens is 420 g/mol. The number of carbonyl (C=O) groups excluding carboxylic acids is 2. The number of hydrogen-bond donors (Lipinski definition) is 2. The van der Waals surface area contributed by atoms with Crippen molar-refractivity contribution in [1.29, 1.82) is 0 Å². The zero-order valence-corrected chi connectivity index (χ0v) is 17.6. The van der Waals surface area contributed by atoms with Gasteiger partial charge in [0.1, 0.15) is 4.21 Å². The first-order chi connectivity index (χ1) is 13.4. The number of carbonyl (C=O) groups is 2. The Morgan fingerprint density at radius 2 is 1.93 bits per heavy atom. The minimum Gasteiger partial charge on any atom is -0.352 e. The van der Waals surface area contributed by atoms with Crippen molar-refractivity contribution in [1.82, 2.24) is 14.5 Å². The molecule has 2 amide bonds. The smallest absolute Gasteiger partial charge is 0.259 e. The van der Waals surface area contributed by atoms with Crippen molar-refractivity contribution in [3.63, 3.8) is 0 Å². The van der Waals surface area contributed by atoms with E-state index < -0.39 is 22.1 Å². The van der Waals surface area contributed by atoms with E-state index in [0.717, 1.165) is 20.5 Å². The molecule has 0 radical (unpaired) electrons. The van der Waals surface area contributed by atoms with E-state index in [9.17, 15) is 18.0 Å². The third-order valence-electron chi connectivity index (χ3n) is 4.31. The van der Waals surface area contributed by atoms with E-state index in [0.29, 0.717) is 13.0 Å². The Labute approximate surface area is 172 Å². The lowest BCUT2D eigenvalue weighted by Gasteiger charge is -2.41. The molecule has 1 unspecified atom stereocenters. The van der Waals surface area contributed by atoms with Crippen molar-refractivity contribution in [2.45, 2.75) is 23.2 Å². The van der Waals surface area contributed by atoms with E-state index in [1.807, 2.05) is 17.5 Å². The van der Waals surface area contributed by atoms with Crippen LogP contribution in [0.15, 0.2) is 39.2 Å². The molecule has 3 heterocycles. The van der Waals surface area contributed by atoms with Gasteiger partial charge in [-0.25, -0.2) is 8.42 Å². The van der Waals surface area contributed by atoms with Crippen molar-refractivity contribution in [2.24, 2.45) is 5.73 Å². The predicted molar refractivity (Wildman–Crippen MR) is 108 cm³/mol. The zero-order valence-electron chi connectivity index (χ0n) is 15.1. The van der Waals surface area contributed by atoms with E-state index in [2.05, 4.69) is 5.32 Å². The topological polar surface area (TPSA) is 113 Å². The summed E-state index contributed by atoms with van der Waals surface area (Å²) in [5.41, 5.74) is 5.46. The highest BCUT2D eigenvalue weighted by Crippen LogP contribution is 2.27. The van der Waals surface area contributed by atoms with Crippen LogP contribution in [0, 0.1) is 0 Å². The van der Waals surface area contributed by atoms with E-state index >= 15 is 0 Å². The van der Waals surface area contributed by atoms with Gasteiger partial charge in [-0.15, -0.1) is 22.7 Å². The Balaban J connectivity index is 1.91. The highest BCUT2D eigenvalue weighted by Gasteiger charge is 2.44. The summed E-state index contributed by atoms with van der Waals surface area (Å²) in [6.07, 6.45) is -0.632. The van der Waals surface area contributed by atoms with Crippen LogP contribution in [-0.2, 0) is 26.0 Å². The lowest BCUT2D eigenvalue weighted by molar-refractivity contribution is -0.146. The van der Waals surface area contributed by atoms with Crippen LogP contribution >= 0.6 is 22.7 Å². The monoisotopic (exact) mass is 442 g/mol. The summed E-state index contributed by atoms with van der Waals surface area (Å²) < 4.78 is 27.5. The summed E-state index contributed by atoms with van der Waals surface area (Å²) in [5, 5.41) is 6.17. The molecular formula is C17H22N4O4S3. The molecule has 0 saturated carbocycles. The first-order valence-corrected chi connectivity index (χ1v) is 12.0. The number of nitrogens with two attached hydrogens (primary N) is 1. The Bertz CT molecular complexity index is 897. The van der Waals surface area contributed by atoms with Gasteiger partial charge in [0.2, 0.25) is 5.91 Å². The quantitative estimate of drug-likeness (QED) is 0.655. The van der Waals surface area contributed by atoms with Crippen LogP contribution in [0.25, 0.3) is 0 Å². The van der Waals surface area contributed by atoms with Crippen LogP contribution < -0.4 is 11.1 Å². The molecule has 0 spiro atoms. The SMILES string of the molecule is NCCNC(=O)C1N(C(=O)Cc2cccs2)CCCN1S(=O)(=O)c1cccs1. The number of rotatable bonds is 7. The van der Waals surface area contributed by atoms with E-state index in [-0.39, 0.29) is 36.2 Å². The van der Waals surface area contributed by atoms with Gasteiger partial charge in [-0.1, -0.05) is 12.1 Å². The van der Waals surface area contributed by atoms with Gasteiger partial charge in [0.25, 0.3) is 15.9 Å². The second-order valence-electron chi connectivity index (χ2n) is 6.20. The maximum atomic E-state index is 13.1. The minimum atomic E-state index is -3.90. The second-order valence-corrected chi connectivity index (χ2v) is 10.3. The van der Waals surface area contributed by atoms with Gasteiger partial charge in [-0.05, 0) is 29.3 Å². The van der Waals surface area contributed by atoms with Crippen LogP contribution in [0.3, 0.4) is 0 Å². The summed E-state index contributed by atoms with van der Waals surface area (Å²) >= 11 is 2.53. The average Bonchev–Trinajstić information content (AvgIpc) is 3.39. The third-order valence-corrected chi connectivity index (χ3v) is 8.41. The van der Waals surface area contributed by atoms with Gasteiger partial charge >= 0.3 is 0 Å². The molecule has 1 atom stereocenters. The molecule has 0 bridgehead atoms. The molecule has 1 fully saturated rings. The predicted octanol–water partition coefficient (Wildman–Crippen LogP) is 0.676. The maximum Gasteiger partial charge on any atom is 0.259 e. The minimum absolute atomic E-state index is 0.130. The Kier molecular flexibility index (Phi) is 6.83. The molecule has 0 aromatic carbocycles. The highest BCUT2D eigenvalue weighted by atomic mass is 32.2. The standard InChI is InChI=1S/C17H22N4O4S3/c18-6-7-19-16(23)17-20(14(22)12-13-4-1-10-26-13)8-3-9-21(17)28(24,25)15-5-2-11-27-15/h1-2,4-5,10-11,17H,3,6-9,12,18H2,(H,19,23). The highest BCUT2D eigenvalue weighted by molar-refractivity contribution is 7.91. The lowest BCUT2D eigenvalue weighted by Crippen LogP contribution is -2.63. The molecule has 1 saturated heterocycles. The molecule has 11 heteroatoms. The third kappa shape index (κ3) is 4.44. The Morgan fingerprint density at radius 3 is 2.57 bits per heavy atom. The number of nitrogens with zero attached hydrogens (tertiary/aromatic N) is 2. The normalized spacial score (nSPS) is 18.2. The second kappa shape index (κ2) is 9.14. The summed E-state index contributed by atoms with van der Waals surface area (Å²) in [6, 6.07) is 6.84. The zero-order chi connectivity index (χ0) is 20.1. The van der Waals surface area contributed by atoms with Crippen molar-refractivity contribution in [2.75, 3.05) is 26.2 Å². The van der Waals surface area contributed by atoms with E-state index in [4.69, 9.17) is 5.73 Å². The maximum absolute atomic E-state index is 13.1. The first kappa shape index (κ1) is 20.9. The van der Waals surface area contributed by atoms with Crippen LogP contribution in [-0.4, -0.2) is 61.8 Å². The molecule has 1 aliphatic rings. The van der Waals surface area contributed by atoms with Gasteiger partial charge in [0.15, 0.2) is 6.17 Å². The van der Waals surface area contributed by atoms with Crippen molar-refractivity contribution in [3.8, 4) is 0 Å². The molecule has 3 rings (SSSR count). The fourth-order valence-electron chi connectivity index (χ4n) is 3.06. The fraction of sp³-hybridized carbons (Fsp3) is 0.412. The molecule has 3 N–H and O–H groups in total. The first-order valence-electron chi connectivity index (χ1n) is 8.80. The van der Waals surface area contributed by atoms with Crippen molar-refractivity contribution in [3.05, 3.63) is 39.9 Å². The molecule has 2 aromatic rings. The van der Waals surface area contributed by atoms with Gasteiger partial charge < -0.3 is 16.0 Å². The number of thiophene rings is 2. The molecule has 2 aromatic heterocycles. The van der Waals surface area contributed by atoms with Gasteiger partial charge in [0, 0.05) is 31.1 Å². The molecule has 1 aliphatic heterocycles. The summed E-state index contributed by atoms with van der Waals surface area (Å²) in [6.45, 7) is 0.916. The Morgan fingerprint density at radius 1 is 1.18 bits per heavy atom. The van der Waals surface area contributed by atoms with Crippen molar-refractivity contribution < 1.29 is 18.0 Å². The van der Waals surface area contributed by atoms with Crippen LogP contribution in [0.5, 0.6) is 0 Å².